The quantitative estimate of drug-likeness (QED) is 0.816. The second-order valence-electron chi connectivity index (χ2n) is 6.56. The first-order valence-electron chi connectivity index (χ1n) is 8.65. The van der Waals surface area contributed by atoms with Crippen molar-refractivity contribution in [3.05, 3.63) is 34.9 Å². The fraction of sp³-hybridized carbons (Fsp3) is 0.611. The molecule has 0 unspecified atom stereocenters. The molecule has 1 aromatic carbocycles. The summed E-state index contributed by atoms with van der Waals surface area (Å²) in [4.78, 5) is 14.4. The van der Waals surface area contributed by atoms with Gasteiger partial charge >= 0.3 is 0 Å². The summed E-state index contributed by atoms with van der Waals surface area (Å²) in [5.74, 6) is 0.266. The predicted octanol–water partition coefficient (Wildman–Crippen LogP) is 2.12. The Morgan fingerprint density at radius 1 is 1.12 bits per heavy atom. The van der Waals surface area contributed by atoms with Crippen LogP contribution in [0.15, 0.2) is 18.2 Å². The molecule has 1 amide bonds. The Morgan fingerprint density at radius 3 is 2.58 bits per heavy atom. The molecule has 0 aliphatic carbocycles. The number of benzene rings is 1. The van der Waals surface area contributed by atoms with Gasteiger partial charge in [0.25, 0.3) is 0 Å². The van der Waals surface area contributed by atoms with E-state index in [1.54, 1.807) is 4.31 Å². The molecular formula is C18H28N2O3S. The molecule has 0 atom stereocenters. The molecule has 0 bridgehead atoms. The Balaban J connectivity index is 2.00. The molecule has 1 aromatic rings. The third-order valence-electron chi connectivity index (χ3n) is 4.51. The van der Waals surface area contributed by atoms with Crippen LogP contribution < -0.4 is 0 Å². The van der Waals surface area contributed by atoms with Crippen LogP contribution in [0.1, 0.15) is 36.5 Å². The molecule has 1 saturated heterocycles. The van der Waals surface area contributed by atoms with E-state index in [1.165, 1.54) is 0 Å². The summed E-state index contributed by atoms with van der Waals surface area (Å²) < 4.78 is 26.0. The van der Waals surface area contributed by atoms with Gasteiger partial charge in [-0.25, -0.2) is 12.7 Å². The van der Waals surface area contributed by atoms with Gasteiger partial charge in [-0.15, -0.1) is 0 Å². The zero-order valence-electron chi connectivity index (χ0n) is 14.9. The van der Waals surface area contributed by atoms with Crippen molar-refractivity contribution in [1.82, 2.24) is 9.21 Å². The maximum atomic E-state index is 12.6. The van der Waals surface area contributed by atoms with Crippen LogP contribution in [0.4, 0.5) is 0 Å². The summed E-state index contributed by atoms with van der Waals surface area (Å²) in [7, 11) is -3.18. The van der Waals surface area contributed by atoms with Gasteiger partial charge in [-0.1, -0.05) is 30.7 Å². The largest absolute Gasteiger partial charge is 0.341 e. The van der Waals surface area contributed by atoms with Gasteiger partial charge in [0.1, 0.15) is 0 Å². The topological polar surface area (TPSA) is 57.7 Å². The second kappa shape index (κ2) is 8.12. The zero-order chi connectivity index (χ0) is 17.7. The highest BCUT2D eigenvalue weighted by atomic mass is 32.2. The van der Waals surface area contributed by atoms with E-state index in [1.807, 2.05) is 37.8 Å². The molecule has 1 fully saturated rings. The number of hydrogen-bond donors (Lipinski definition) is 0. The van der Waals surface area contributed by atoms with Crippen LogP contribution in [-0.4, -0.2) is 55.5 Å². The highest BCUT2D eigenvalue weighted by Crippen LogP contribution is 2.15. The first-order chi connectivity index (χ1) is 11.3. The number of aryl methyl sites for hydroxylation is 2. The van der Waals surface area contributed by atoms with Crippen molar-refractivity contribution in [2.24, 2.45) is 0 Å². The number of amides is 1. The predicted molar refractivity (Wildman–Crippen MR) is 96.5 cm³/mol. The van der Waals surface area contributed by atoms with Gasteiger partial charge in [0.2, 0.25) is 15.9 Å². The summed E-state index contributed by atoms with van der Waals surface area (Å²) in [5, 5.41) is 0. The van der Waals surface area contributed by atoms with E-state index in [0.717, 1.165) is 16.7 Å². The number of hydrogen-bond acceptors (Lipinski definition) is 3. The van der Waals surface area contributed by atoms with Gasteiger partial charge in [-0.3, -0.25) is 4.79 Å². The SMILES string of the molecule is CCCS(=O)(=O)N1CCCN(C(=O)Cc2cc(C)ccc2C)CC1. The van der Waals surface area contributed by atoms with Crippen LogP contribution in [0.2, 0.25) is 0 Å². The first-order valence-corrected chi connectivity index (χ1v) is 10.3. The molecule has 1 aliphatic rings. The Morgan fingerprint density at radius 2 is 1.88 bits per heavy atom. The standard InChI is InChI=1S/C18H28N2O3S/c1-4-12-24(22,23)20-9-5-8-19(10-11-20)18(21)14-17-13-15(2)6-7-16(17)3/h6-7,13H,4-5,8-12,14H2,1-3H3. The van der Waals surface area contributed by atoms with Crippen LogP contribution >= 0.6 is 0 Å². The maximum absolute atomic E-state index is 12.6. The Hall–Kier alpha value is -1.40. The number of sulfonamides is 1. The number of carbonyl (C=O) groups is 1. The third-order valence-corrected chi connectivity index (χ3v) is 6.59. The van der Waals surface area contributed by atoms with Gasteiger partial charge in [0, 0.05) is 26.2 Å². The van der Waals surface area contributed by atoms with Crippen LogP contribution in [-0.2, 0) is 21.2 Å². The number of nitrogens with zero attached hydrogens (tertiary/aromatic N) is 2. The smallest absolute Gasteiger partial charge is 0.227 e. The fourth-order valence-electron chi connectivity index (χ4n) is 3.07. The highest BCUT2D eigenvalue weighted by Gasteiger charge is 2.26. The lowest BCUT2D eigenvalue weighted by Crippen LogP contribution is -2.38. The summed E-state index contributed by atoms with van der Waals surface area (Å²) >= 11 is 0. The van der Waals surface area contributed by atoms with Crippen LogP contribution in [0.5, 0.6) is 0 Å². The van der Waals surface area contributed by atoms with Gasteiger partial charge in [0.15, 0.2) is 0 Å². The lowest BCUT2D eigenvalue weighted by molar-refractivity contribution is -0.130. The van der Waals surface area contributed by atoms with E-state index < -0.39 is 10.0 Å². The molecule has 5 nitrogen and oxygen atoms in total. The highest BCUT2D eigenvalue weighted by molar-refractivity contribution is 7.89. The maximum Gasteiger partial charge on any atom is 0.227 e. The molecule has 0 aromatic heterocycles. The van der Waals surface area contributed by atoms with Crippen molar-refractivity contribution in [3.63, 3.8) is 0 Å². The molecule has 2 rings (SSSR count). The minimum absolute atomic E-state index is 0.0819. The van der Waals surface area contributed by atoms with Crippen molar-refractivity contribution in [2.45, 2.75) is 40.0 Å². The van der Waals surface area contributed by atoms with Crippen LogP contribution in [0.3, 0.4) is 0 Å². The van der Waals surface area contributed by atoms with Crippen LogP contribution in [0, 0.1) is 13.8 Å². The molecular weight excluding hydrogens is 324 g/mol. The zero-order valence-corrected chi connectivity index (χ0v) is 15.7. The molecule has 134 valence electrons. The van der Waals surface area contributed by atoms with Crippen molar-refractivity contribution < 1.29 is 13.2 Å². The normalized spacial score (nSPS) is 16.9. The van der Waals surface area contributed by atoms with Crippen molar-refractivity contribution in [2.75, 3.05) is 31.9 Å². The molecule has 6 heteroatoms. The van der Waals surface area contributed by atoms with E-state index in [4.69, 9.17) is 0 Å². The molecule has 0 saturated carbocycles. The monoisotopic (exact) mass is 352 g/mol. The summed E-state index contributed by atoms with van der Waals surface area (Å²) in [6, 6.07) is 6.15. The number of rotatable bonds is 5. The van der Waals surface area contributed by atoms with Crippen molar-refractivity contribution in [1.29, 1.82) is 0 Å². The lowest BCUT2D eigenvalue weighted by atomic mass is 10.0. The molecule has 0 spiro atoms. The van der Waals surface area contributed by atoms with E-state index in [0.29, 0.717) is 45.4 Å². The molecule has 1 aliphatic heterocycles. The Kier molecular flexibility index (Phi) is 6.40. The van der Waals surface area contributed by atoms with Crippen molar-refractivity contribution in [3.8, 4) is 0 Å². The molecule has 24 heavy (non-hydrogen) atoms. The second-order valence-corrected chi connectivity index (χ2v) is 8.64. The average Bonchev–Trinajstić information content (AvgIpc) is 2.77. The Bertz CT molecular complexity index is 686. The fourth-order valence-corrected chi connectivity index (χ4v) is 4.62. The third kappa shape index (κ3) is 4.80. The van der Waals surface area contributed by atoms with E-state index in [2.05, 4.69) is 6.07 Å². The minimum Gasteiger partial charge on any atom is -0.341 e. The first kappa shape index (κ1) is 18.9. The van der Waals surface area contributed by atoms with Gasteiger partial charge < -0.3 is 4.90 Å². The summed E-state index contributed by atoms with van der Waals surface area (Å²) in [6.07, 6.45) is 1.70. The molecule has 0 radical (unpaired) electrons. The summed E-state index contributed by atoms with van der Waals surface area (Å²) in [6.45, 7) is 7.93. The van der Waals surface area contributed by atoms with E-state index in [-0.39, 0.29) is 11.7 Å². The summed E-state index contributed by atoms with van der Waals surface area (Å²) in [5.41, 5.74) is 3.33. The van der Waals surface area contributed by atoms with Gasteiger partial charge in [0.05, 0.1) is 12.2 Å². The average molecular weight is 353 g/mol. The van der Waals surface area contributed by atoms with E-state index >= 15 is 0 Å². The minimum atomic E-state index is -3.18. The van der Waals surface area contributed by atoms with Gasteiger partial charge in [-0.05, 0) is 37.8 Å². The molecule has 0 N–H and O–H groups in total. The lowest BCUT2D eigenvalue weighted by Gasteiger charge is -2.22. The van der Waals surface area contributed by atoms with Crippen LogP contribution in [0.25, 0.3) is 0 Å². The van der Waals surface area contributed by atoms with Gasteiger partial charge in [-0.2, -0.15) is 0 Å². The number of carbonyl (C=O) groups excluding carboxylic acids is 1. The van der Waals surface area contributed by atoms with E-state index in [9.17, 15) is 13.2 Å². The Labute approximate surface area is 145 Å². The van der Waals surface area contributed by atoms with Crippen molar-refractivity contribution >= 4 is 15.9 Å². The molecule has 1 heterocycles.